The van der Waals surface area contributed by atoms with Crippen LogP contribution < -0.4 is 5.32 Å². The molecule has 0 spiro atoms. The topological polar surface area (TPSA) is 49.3 Å². The average Bonchev–Trinajstić information content (AvgIpc) is 2.59. The third kappa shape index (κ3) is 1.40. The minimum absolute atomic E-state index is 0.389. The second-order valence-corrected chi connectivity index (χ2v) is 3.60. The second-order valence-electron chi connectivity index (χ2n) is 3.60. The predicted octanol–water partition coefficient (Wildman–Crippen LogP) is 1.59. The van der Waals surface area contributed by atoms with Gasteiger partial charge >= 0.3 is 5.97 Å². The Labute approximate surface area is 82.8 Å². The fraction of sp³-hybridized carbons (Fsp3) is 0.364. The molecule has 14 heavy (non-hydrogen) atoms. The van der Waals surface area contributed by atoms with Crippen molar-refractivity contribution in [3.05, 3.63) is 34.9 Å². The van der Waals surface area contributed by atoms with E-state index in [1.54, 1.807) is 12.1 Å². The summed E-state index contributed by atoms with van der Waals surface area (Å²) in [7, 11) is 1.94. The van der Waals surface area contributed by atoms with E-state index in [9.17, 15) is 4.79 Å². The first kappa shape index (κ1) is 9.21. The monoisotopic (exact) mass is 191 g/mol. The largest absolute Gasteiger partial charge is 0.478 e. The van der Waals surface area contributed by atoms with Crippen molar-refractivity contribution in [3.8, 4) is 0 Å². The Morgan fingerprint density at radius 2 is 2.36 bits per heavy atom. The molecule has 3 nitrogen and oxygen atoms in total. The highest BCUT2D eigenvalue weighted by Gasteiger charge is 2.21. The van der Waals surface area contributed by atoms with Gasteiger partial charge in [0.1, 0.15) is 0 Å². The number of rotatable bonds is 2. The minimum atomic E-state index is -0.847. The summed E-state index contributed by atoms with van der Waals surface area (Å²) in [5, 5.41) is 12.0. The summed E-state index contributed by atoms with van der Waals surface area (Å²) in [6, 6.07) is 5.78. The molecule has 3 heteroatoms. The van der Waals surface area contributed by atoms with E-state index in [2.05, 4.69) is 5.32 Å². The smallest absolute Gasteiger partial charge is 0.335 e. The molecule has 0 heterocycles. The first-order valence-corrected chi connectivity index (χ1v) is 4.75. The van der Waals surface area contributed by atoms with Gasteiger partial charge in [-0.15, -0.1) is 0 Å². The highest BCUT2D eigenvalue weighted by molar-refractivity contribution is 5.88. The van der Waals surface area contributed by atoms with E-state index in [0.717, 1.165) is 12.8 Å². The van der Waals surface area contributed by atoms with Gasteiger partial charge in [-0.05, 0) is 43.1 Å². The molecule has 0 saturated heterocycles. The summed E-state index contributed by atoms with van der Waals surface area (Å²) < 4.78 is 0. The van der Waals surface area contributed by atoms with Gasteiger partial charge in [-0.25, -0.2) is 4.79 Å². The molecule has 2 rings (SSSR count). The first-order chi connectivity index (χ1) is 6.72. The molecule has 1 aromatic carbocycles. The van der Waals surface area contributed by atoms with Crippen molar-refractivity contribution < 1.29 is 9.90 Å². The fourth-order valence-corrected chi connectivity index (χ4v) is 2.05. The Morgan fingerprint density at radius 1 is 1.57 bits per heavy atom. The highest BCUT2D eigenvalue weighted by Crippen LogP contribution is 2.31. The molecule has 0 aliphatic heterocycles. The number of aromatic carboxylic acids is 1. The van der Waals surface area contributed by atoms with E-state index < -0.39 is 5.97 Å². The Hall–Kier alpha value is -1.35. The highest BCUT2D eigenvalue weighted by atomic mass is 16.4. The van der Waals surface area contributed by atoms with Crippen LogP contribution in [0.2, 0.25) is 0 Å². The lowest BCUT2D eigenvalue weighted by Gasteiger charge is -2.09. The third-order valence-electron chi connectivity index (χ3n) is 2.82. The van der Waals surface area contributed by atoms with Crippen molar-refractivity contribution in [2.45, 2.75) is 18.9 Å². The van der Waals surface area contributed by atoms with Gasteiger partial charge < -0.3 is 10.4 Å². The van der Waals surface area contributed by atoms with Crippen molar-refractivity contribution in [1.82, 2.24) is 5.32 Å². The van der Waals surface area contributed by atoms with Crippen LogP contribution in [0.15, 0.2) is 18.2 Å². The molecular weight excluding hydrogens is 178 g/mol. The molecule has 74 valence electrons. The number of benzene rings is 1. The van der Waals surface area contributed by atoms with Gasteiger partial charge in [0, 0.05) is 6.04 Å². The molecule has 0 fully saturated rings. The van der Waals surface area contributed by atoms with Crippen LogP contribution in [0, 0.1) is 0 Å². The van der Waals surface area contributed by atoms with Crippen LogP contribution in [0.5, 0.6) is 0 Å². The van der Waals surface area contributed by atoms with E-state index in [1.807, 2.05) is 13.1 Å². The van der Waals surface area contributed by atoms with Crippen molar-refractivity contribution in [2.75, 3.05) is 7.05 Å². The minimum Gasteiger partial charge on any atom is -0.478 e. The summed E-state index contributed by atoms with van der Waals surface area (Å²) in [6.45, 7) is 0. The van der Waals surface area contributed by atoms with E-state index in [1.165, 1.54) is 11.1 Å². The van der Waals surface area contributed by atoms with Gasteiger partial charge in [0.2, 0.25) is 0 Å². The van der Waals surface area contributed by atoms with Gasteiger partial charge in [0.15, 0.2) is 0 Å². The maximum Gasteiger partial charge on any atom is 0.335 e. The van der Waals surface area contributed by atoms with E-state index in [-0.39, 0.29) is 0 Å². The number of carboxylic acid groups (broad SMARTS) is 1. The molecule has 2 N–H and O–H groups in total. The molecule has 0 aromatic heterocycles. The van der Waals surface area contributed by atoms with Crippen LogP contribution in [0.3, 0.4) is 0 Å². The van der Waals surface area contributed by atoms with Crippen LogP contribution in [0.25, 0.3) is 0 Å². The molecule has 1 aromatic rings. The normalized spacial score (nSPS) is 19.4. The van der Waals surface area contributed by atoms with E-state index >= 15 is 0 Å². The summed E-state index contributed by atoms with van der Waals surface area (Å²) in [5.74, 6) is -0.847. The van der Waals surface area contributed by atoms with Gasteiger partial charge in [-0.1, -0.05) is 6.07 Å². The lowest BCUT2D eigenvalue weighted by atomic mass is 10.0. The molecule has 0 amide bonds. The number of hydrogen-bond donors (Lipinski definition) is 2. The van der Waals surface area contributed by atoms with Gasteiger partial charge in [-0.2, -0.15) is 0 Å². The molecular formula is C11H13NO2. The zero-order valence-corrected chi connectivity index (χ0v) is 8.08. The Bertz CT molecular complexity index is 374. The maximum absolute atomic E-state index is 10.7. The SMILES string of the molecule is CNC1CCc2cc(C(=O)O)ccc21. The maximum atomic E-state index is 10.7. The van der Waals surface area contributed by atoms with Crippen molar-refractivity contribution in [1.29, 1.82) is 0 Å². The average molecular weight is 191 g/mol. The predicted molar refractivity (Wildman–Crippen MR) is 53.5 cm³/mol. The van der Waals surface area contributed by atoms with Crippen LogP contribution in [-0.4, -0.2) is 18.1 Å². The Kier molecular flexibility index (Phi) is 2.25. The van der Waals surface area contributed by atoms with Crippen molar-refractivity contribution in [2.24, 2.45) is 0 Å². The zero-order valence-electron chi connectivity index (χ0n) is 8.08. The Balaban J connectivity index is 2.39. The van der Waals surface area contributed by atoms with E-state index in [4.69, 9.17) is 5.11 Å². The number of carboxylic acids is 1. The quantitative estimate of drug-likeness (QED) is 0.746. The standard InChI is InChI=1S/C11H13NO2/c1-12-10-5-3-7-6-8(11(13)14)2-4-9(7)10/h2,4,6,10,12H,3,5H2,1H3,(H,13,14). The first-order valence-electron chi connectivity index (χ1n) is 4.75. The summed E-state index contributed by atoms with van der Waals surface area (Å²) in [5.41, 5.74) is 2.81. The number of hydrogen-bond acceptors (Lipinski definition) is 2. The number of fused-ring (bicyclic) bond motifs is 1. The molecule has 0 radical (unpaired) electrons. The summed E-state index contributed by atoms with van der Waals surface area (Å²) >= 11 is 0. The second kappa shape index (κ2) is 3.42. The zero-order chi connectivity index (χ0) is 10.1. The third-order valence-corrected chi connectivity index (χ3v) is 2.82. The van der Waals surface area contributed by atoms with Crippen molar-refractivity contribution in [3.63, 3.8) is 0 Å². The van der Waals surface area contributed by atoms with Gasteiger partial charge in [0.05, 0.1) is 5.56 Å². The molecule has 1 aliphatic carbocycles. The van der Waals surface area contributed by atoms with Crippen LogP contribution in [0.1, 0.15) is 33.9 Å². The number of carbonyl (C=O) groups is 1. The lowest BCUT2D eigenvalue weighted by molar-refractivity contribution is 0.0697. The van der Waals surface area contributed by atoms with Crippen LogP contribution >= 0.6 is 0 Å². The molecule has 0 bridgehead atoms. The lowest BCUT2D eigenvalue weighted by Crippen LogP contribution is -2.12. The fourth-order valence-electron chi connectivity index (χ4n) is 2.05. The van der Waals surface area contributed by atoms with E-state index in [0.29, 0.717) is 11.6 Å². The van der Waals surface area contributed by atoms with Gasteiger partial charge in [0.25, 0.3) is 0 Å². The molecule has 1 unspecified atom stereocenters. The summed E-state index contributed by atoms with van der Waals surface area (Å²) in [6.07, 6.45) is 2.04. The molecule has 1 atom stereocenters. The molecule has 1 aliphatic rings. The van der Waals surface area contributed by atoms with Crippen LogP contribution in [0.4, 0.5) is 0 Å². The Morgan fingerprint density at radius 3 is 3.00 bits per heavy atom. The number of nitrogens with one attached hydrogen (secondary N) is 1. The number of aryl methyl sites for hydroxylation is 1. The van der Waals surface area contributed by atoms with Gasteiger partial charge in [-0.3, -0.25) is 0 Å². The van der Waals surface area contributed by atoms with Crippen molar-refractivity contribution >= 4 is 5.97 Å². The summed E-state index contributed by atoms with van der Waals surface area (Å²) in [4.78, 5) is 10.7. The van der Waals surface area contributed by atoms with Crippen LogP contribution in [-0.2, 0) is 6.42 Å². The molecule has 0 saturated carbocycles.